The maximum absolute atomic E-state index is 8.44. The molecule has 4 aromatic rings. The Morgan fingerprint density at radius 1 is 0.388 bits per heavy atom. The molecule has 12 rings (SSSR count). The predicted molar refractivity (Wildman–Crippen MR) is 439 cm³/mol. The van der Waals surface area contributed by atoms with Crippen LogP contribution in [-0.2, 0) is 73.8 Å². The van der Waals surface area contributed by atoms with E-state index in [0.29, 0.717) is 71.0 Å². The minimum absolute atomic E-state index is 0. The minimum Gasteiger partial charge on any atom is -0.358 e. The van der Waals surface area contributed by atoms with Crippen molar-refractivity contribution in [3.8, 4) is 0 Å². The minimum atomic E-state index is -3.11. The Hall–Kier alpha value is -3.33. The molecule has 0 saturated heterocycles. The van der Waals surface area contributed by atoms with E-state index in [1.165, 1.54) is 109 Å². The number of benzene rings is 4. The number of unbranched alkanes of at least 4 members (excludes halogenated alkanes) is 2. The van der Waals surface area contributed by atoms with E-state index in [1.54, 1.807) is 0 Å². The summed E-state index contributed by atoms with van der Waals surface area (Å²) in [6.07, 6.45) is 51.0. The predicted octanol–water partition coefficient (Wildman–Crippen LogP) is 23.2. The van der Waals surface area contributed by atoms with Crippen molar-refractivity contribution in [2.24, 2.45) is 105 Å². The summed E-state index contributed by atoms with van der Waals surface area (Å²) < 4.78 is 25.3. The summed E-state index contributed by atoms with van der Waals surface area (Å²) in [5.41, 5.74) is 12.5. The third-order valence-electron chi connectivity index (χ3n) is 23.7. The van der Waals surface area contributed by atoms with Crippen molar-refractivity contribution in [3.63, 3.8) is 0 Å². The zero-order valence-corrected chi connectivity index (χ0v) is 75.9. The van der Waals surface area contributed by atoms with E-state index in [4.69, 9.17) is 12.6 Å². The molecule has 3 nitrogen and oxygen atoms in total. The van der Waals surface area contributed by atoms with Gasteiger partial charge < -0.3 is 59.4 Å². The summed E-state index contributed by atoms with van der Waals surface area (Å²) in [6, 6.07) is 48.0. The van der Waals surface area contributed by atoms with Crippen molar-refractivity contribution in [2.75, 3.05) is 0 Å². The number of hydrogen-bond donors (Lipinski definition) is 0. The van der Waals surface area contributed by atoms with Crippen LogP contribution in [0, 0.1) is 170 Å². The molecule has 7 heteroatoms. The van der Waals surface area contributed by atoms with Gasteiger partial charge in [0.2, 0.25) is 0 Å². The first-order valence-corrected chi connectivity index (χ1v) is 36.6. The Labute approximate surface area is 697 Å². The molecule has 0 aromatic heterocycles. The van der Waals surface area contributed by atoms with Gasteiger partial charge in [0.25, 0.3) is 0 Å². The second-order valence-electron chi connectivity index (χ2n) is 33.1. The van der Waals surface area contributed by atoms with E-state index in [-0.39, 0.29) is 174 Å². The van der Waals surface area contributed by atoms with Gasteiger partial charge in [-0.25, -0.2) is 0 Å². The SMILES string of the molecule is C=CCCCC1CCC(C(c2cc[c-]cc2)(c2ccccc2)C2C3C=C(C(C)(C)C)C=CC3C3C=CC(C(C)(C)C)=CC32)C1.C=CCCCC1CCC(C(c2ccccc2)(c2ccccc2)C2C3C=C(C(C)(C)C)C=CC3C3C=CC(C(C)(C)C)=CC32)C1.O=S(=O)=O.[CH3-].[CH3-].[CH3-].[CH3-].[CH3-].[CH3-].[CH3-].[CH3-].[Na+].[Zr+4].[Zr+4]. The van der Waals surface area contributed by atoms with Gasteiger partial charge in [-0.1, -0.05) is 285 Å². The van der Waals surface area contributed by atoms with Gasteiger partial charge in [-0.15, -0.1) is 31.3 Å². The summed E-state index contributed by atoms with van der Waals surface area (Å²) in [7, 11) is -3.11. The van der Waals surface area contributed by atoms with Crippen LogP contribution in [0.4, 0.5) is 0 Å². The number of allylic oxidation sites excluding steroid dienone is 18. The average Bonchev–Trinajstić information content (AvgIpc) is 1.58. The summed E-state index contributed by atoms with van der Waals surface area (Å²) in [4.78, 5) is 0. The molecule has 0 heterocycles. The average molecular weight is 1570 g/mol. The Morgan fingerprint density at radius 2 is 0.631 bits per heavy atom. The Balaban J connectivity index is 0. The van der Waals surface area contributed by atoms with E-state index in [1.807, 2.05) is 0 Å². The van der Waals surface area contributed by atoms with Crippen LogP contribution in [-0.4, -0.2) is 12.6 Å². The summed E-state index contributed by atoms with van der Waals surface area (Å²) in [5.74, 6) is 7.79. The van der Waals surface area contributed by atoms with Crippen LogP contribution in [0.2, 0.25) is 0 Å². The summed E-state index contributed by atoms with van der Waals surface area (Å²) >= 11 is 0. The molecule has 0 spiro atoms. The molecule has 13 atom stereocenters. The first-order chi connectivity index (χ1) is 43.8. The Bertz CT molecular complexity index is 3150. The van der Waals surface area contributed by atoms with Crippen molar-refractivity contribution >= 4 is 10.6 Å². The van der Waals surface area contributed by atoms with E-state index < -0.39 is 10.6 Å². The van der Waals surface area contributed by atoms with Gasteiger partial charge in [0.15, 0.2) is 0 Å². The van der Waals surface area contributed by atoms with Gasteiger partial charge >= 0.3 is 92.6 Å². The maximum Gasteiger partial charge on any atom is 4.00 e. The second-order valence-corrected chi connectivity index (χ2v) is 33.5. The van der Waals surface area contributed by atoms with Crippen LogP contribution >= 0.6 is 0 Å². The molecule has 0 bridgehead atoms. The van der Waals surface area contributed by atoms with Gasteiger partial charge in [-0.2, -0.15) is 30.3 Å². The number of fused-ring (bicyclic) bond motifs is 6. The molecule has 13 unspecified atom stereocenters. The fourth-order valence-corrected chi connectivity index (χ4v) is 19.5. The topological polar surface area (TPSA) is 51.2 Å². The fraction of sp³-hybridized carbons (Fsp3) is 0.458. The summed E-state index contributed by atoms with van der Waals surface area (Å²) in [5, 5.41) is 0. The Kier molecular flexibility index (Phi) is 42.6. The van der Waals surface area contributed by atoms with Crippen molar-refractivity contribution in [1.29, 1.82) is 0 Å². The van der Waals surface area contributed by atoms with Crippen molar-refractivity contribution in [3.05, 3.63) is 324 Å². The molecule has 8 aliphatic carbocycles. The molecule has 0 N–H and O–H groups in total. The number of rotatable bonds is 16. The zero-order valence-electron chi connectivity index (χ0n) is 68.2. The third kappa shape index (κ3) is 22.0. The van der Waals surface area contributed by atoms with Crippen LogP contribution < -0.4 is 29.6 Å². The van der Waals surface area contributed by atoms with Gasteiger partial charge in [0, 0.05) is 10.8 Å². The van der Waals surface area contributed by atoms with Crippen LogP contribution in [0.3, 0.4) is 0 Å². The first kappa shape index (κ1) is 102. The molecule has 552 valence electrons. The first-order valence-electron chi connectivity index (χ1n) is 35.6. The number of hydrogen-bond acceptors (Lipinski definition) is 3. The molecule has 0 aliphatic heterocycles. The van der Waals surface area contributed by atoms with E-state index in [2.05, 4.69) is 303 Å². The quantitative estimate of drug-likeness (QED) is 0.0486. The maximum atomic E-state index is 8.44. The van der Waals surface area contributed by atoms with Crippen LogP contribution in [0.1, 0.15) is 182 Å². The molecule has 4 fully saturated rings. The zero-order chi connectivity index (χ0) is 65.8. The molecule has 4 aromatic carbocycles. The second kappa shape index (κ2) is 43.2. The van der Waals surface area contributed by atoms with Crippen LogP contribution in [0.5, 0.6) is 0 Å². The molecular weight excluding hydrogens is 1440 g/mol. The molecule has 0 radical (unpaired) electrons. The van der Waals surface area contributed by atoms with E-state index in [0.717, 1.165) is 24.7 Å². The van der Waals surface area contributed by atoms with Gasteiger partial charge in [-0.05, 0) is 195 Å². The summed E-state index contributed by atoms with van der Waals surface area (Å²) in [6.45, 7) is 36.7. The van der Waals surface area contributed by atoms with Crippen LogP contribution in [0.15, 0.2) is 236 Å². The Morgan fingerprint density at radius 3 is 0.864 bits per heavy atom. The molecular formula is C96H135NaO3SZr2. The molecule has 8 aliphatic rings. The molecule has 4 saturated carbocycles. The largest absolute Gasteiger partial charge is 4.00 e. The smallest absolute Gasteiger partial charge is 0.358 e. The van der Waals surface area contributed by atoms with Crippen molar-refractivity contribution in [1.82, 2.24) is 0 Å². The van der Waals surface area contributed by atoms with Crippen molar-refractivity contribution in [2.45, 2.75) is 171 Å². The fourth-order valence-electron chi connectivity index (χ4n) is 19.5. The molecule has 103 heavy (non-hydrogen) atoms. The molecule has 0 amide bonds. The van der Waals surface area contributed by atoms with Crippen molar-refractivity contribution < 1.29 is 94.6 Å². The van der Waals surface area contributed by atoms with E-state index in [9.17, 15) is 0 Å². The van der Waals surface area contributed by atoms with E-state index >= 15 is 0 Å². The standard InChI is InChI=1S/C44H56.C44H55.8CH3.Na.O3S.2Zr/c2*1-8-9-12-17-31-22-23-36(28-31)44(32-18-13-10-14-19-32,33-20-15-11-16-21-33)41-39-29-34(42(2,3)4)24-26-37(39)38-27-25-35(30-40(38)41)43(5,6)7;;;;;;;;;;1-4(2)3;;/h8,10-11,13-16,18-21,24-27,29-31,36-41H,1,9,12,17,22-23,28H2,2-7H3;8,10,13-16,18-21,24-27,29-31,36-41H,1,9,12,17,22-23,28H2,2-7H3;8*1H3;;;;/q;9*-1;+1;;2*+4. The van der Waals surface area contributed by atoms with Crippen LogP contribution in [0.25, 0.3) is 0 Å². The monoisotopic (exact) mass is 1570 g/mol. The normalized spacial score (nSPS) is 26.3. The third-order valence-corrected chi connectivity index (χ3v) is 23.7. The van der Waals surface area contributed by atoms with Gasteiger partial charge in [-0.3, -0.25) is 0 Å². The van der Waals surface area contributed by atoms with Gasteiger partial charge in [0.1, 0.15) is 0 Å². The van der Waals surface area contributed by atoms with Gasteiger partial charge in [0.05, 0.1) is 0 Å².